The smallest absolute Gasteiger partial charge is 0.317 e. The number of carboxylic acid groups (broad SMARTS) is 3. The number of carbonyl (C=O) groups is 5. The molecule has 2 amide bonds. The van der Waals surface area contributed by atoms with E-state index in [0.29, 0.717) is 5.92 Å². The second-order valence-electron chi connectivity index (χ2n) is 8.72. The van der Waals surface area contributed by atoms with E-state index in [4.69, 9.17) is 10.8 Å². The zero-order valence-electron chi connectivity index (χ0n) is 23.3. The number of nitrogens with zero attached hydrogens (tertiary/aromatic N) is 5. The zero-order chi connectivity index (χ0) is 28.4. The molecular formula is C24H41GdN6O8Pt-7. The summed E-state index contributed by atoms with van der Waals surface area (Å²) in [6, 6.07) is 0.142. The summed E-state index contributed by atoms with van der Waals surface area (Å²) in [7, 11) is 2.54. The summed E-state index contributed by atoms with van der Waals surface area (Å²) in [6.45, 7) is 2.08. The van der Waals surface area contributed by atoms with Crippen molar-refractivity contribution in [1.29, 1.82) is 0 Å². The number of amides is 2. The SMILES string of the molecule is C[N-]C(=O)CN(CCN(CCN(CC(=O)[O-])CC(=O)[N-]C)CC(=O)O)CC(=O)[O-].[CH2-]C1CCCCC1[NH-].[CH3-].[Gd].[Pt]. The van der Waals surface area contributed by atoms with Gasteiger partial charge >= 0.3 is 5.97 Å². The van der Waals surface area contributed by atoms with E-state index in [0.717, 1.165) is 6.42 Å². The summed E-state index contributed by atoms with van der Waals surface area (Å²) >= 11 is 0. The molecule has 1 saturated carbocycles. The Labute approximate surface area is 284 Å². The number of aliphatic carboxylic acids is 3. The zero-order valence-corrected chi connectivity index (χ0v) is 27.8. The Hall–Kier alpha value is -0.797. The molecule has 0 spiro atoms. The summed E-state index contributed by atoms with van der Waals surface area (Å²) in [5, 5.41) is 37.6. The molecule has 1 aliphatic rings. The minimum absolute atomic E-state index is 0. The molecule has 240 valence electrons. The maximum Gasteiger partial charge on any atom is 0.317 e. The minimum Gasteiger partial charge on any atom is -0.677 e. The molecule has 1 aliphatic carbocycles. The number of likely N-dealkylation sites (N-methyl/N-ethyl adjacent to an activating group) is 2. The molecule has 2 unspecified atom stereocenters. The Kier molecular flexibility index (Phi) is 31.2. The third-order valence-electron chi connectivity index (χ3n) is 5.65. The number of hydrogen-bond acceptors (Lipinski definition) is 10. The molecule has 1 fully saturated rings. The van der Waals surface area contributed by atoms with Gasteiger partial charge in [-0.1, -0.05) is 25.7 Å². The second kappa shape index (κ2) is 27.1. The van der Waals surface area contributed by atoms with Gasteiger partial charge in [0.2, 0.25) is 0 Å². The van der Waals surface area contributed by atoms with E-state index in [1.165, 1.54) is 48.1 Å². The summed E-state index contributed by atoms with van der Waals surface area (Å²) in [5.74, 6) is -4.62. The van der Waals surface area contributed by atoms with Crippen molar-refractivity contribution in [3.63, 3.8) is 0 Å². The van der Waals surface area contributed by atoms with Crippen LogP contribution in [-0.2, 0) is 45.0 Å². The topological polar surface area (TPSA) is 213 Å². The normalized spacial score (nSPS) is 15.9. The van der Waals surface area contributed by atoms with Gasteiger partial charge in [-0.15, -0.1) is 14.1 Å². The Bertz CT molecular complexity index is 700. The van der Waals surface area contributed by atoms with Gasteiger partial charge in [-0.3, -0.25) is 19.5 Å². The monoisotopic (exact) mass is 894 g/mol. The van der Waals surface area contributed by atoms with Crippen LogP contribution < -0.4 is 10.2 Å². The van der Waals surface area contributed by atoms with Crippen molar-refractivity contribution in [1.82, 2.24) is 14.7 Å². The Balaban J connectivity index is -0.000000503. The van der Waals surface area contributed by atoms with E-state index >= 15 is 0 Å². The predicted molar refractivity (Wildman–Crippen MR) is 137 cm³/mol. The summed E-state index contributed by atoms with van der Waals surface area (Å²) < 4.78 is 0. The van der Waals surface area contributed by atoms with Gasteiger partial charge in [0.05, 0.1) is 30.3 Å². The van der Waals surface area contributed by atoms with Crippen LogP contribution in [0.5, 0.6) is 0 Å². The van der Waals surface area contributed by atoms with Crippen molar-refractivity contribution in [3.8, 4) is 0 Å². The molecule has 40 heavy (non-hydrogen) atoms. The molecule has 0 heterocycles. The van der Waals surface area contributed by atoms with Crippen molar-refractivity contribution in [2.24, 2.45) is 5.92 Å². The van der Waals surface area contributed by atoms with Gasteiger partial charge in [0.25, 0.3) is 0 Å². The quantitative estimate of drug-likeness (QED) is 0.175. The van der Waals surface area contributed by atoms with Crippen LogP contribution in [0.25, 0.3) is 16.4 Å². The van der Waals surface area contributed by atoms with Gasteiger partial charge in [0.15, 0.2) is 0 Å². The molecule has 2 N–H and O–H groups in total. The Morgan fingerprint density at radius 3 is 1.45 bits per heavy atom. The van der Waals surface area contributed by atoms with Gasteiger partial charge in [0.1, 0.15) is 0 Å². The van der Waals surface area contributed by atoms with Crippen molar-refractivity contribution in [2.45, 2.75) is 31.7 Å². The average Bonchev–Trinajstić information content (AvgIpc) is 2.81. The van der Waals surface area contributed by atoms with Crippen LogP contribution in [0.3, 0.4) is 0 Å². The van der Waals surface area contributed by atoms with Gasteiger partial charge in [-0.05, 0) is 0 Å². The van der Waals surface area contributed by atoms with Crippen LogP contribution in [0.15, 0.2) is 0 Å². The predicted octanol–water partition coefficient (Wildman–Crippen LogP) is -1.58. The molecule has 0 saturated heterocycles. The molecule has 0 aromatic rings. The number of rotatable bonds is 16. The van der Waals surface area contributed by atoms with Crippen LogP contribution >= 0.6 is 0 Å². The van der Waals surface area contributed by atoms with E-state index in [1.54, 1.807) is 0 Å². The summed E-state index contributed by atoms with van der Waals surface area (Å²) in [5.41, 5.74) is 7.42. The third kappa shape index (κ3) is 25.0. The standard InChI is InChI=1S/C16H29N5O8.C7H13N.CH3.Gd.Pt/c1-17-12(22)7-20(10-15(26)27)5-3-19(9-14(24)25)4-6-21(11-16(28)29)8-13(23)18-2;1-6-4-2-3-5-7(6)8;;;/h3-11H2,1-2H3,(H5,17,18,22,23,24,25,26,27,28,29);6-8H,1-5H2;1H3;;/q;-2;-1;;/p-4. The summed E-state index contributed by atoms with van der Waals surface area (Å²) in [6.07, 6.45) is 4.80. The fourth-order valence-electron chi connectivity index (χ4n) is 3.55. The minimum atomic E-state index is -1.40. The maximum atomic E-state index is 11.4. The van der Waals surface area contributed by atoms with Crippen molar-refractivity contribution in [2.75, 3.05) is 73.0 Å². The molecule has 0 radical (unpaired) electrons. The molecule has 0 aromatic heterocycles. The maximum absolute atomic E-state index is 11.4. The first-order valence-electron chi connectivity index (χ1n) is 12.0. The largest absolute Gasteiger partial charge is 0.677 e. The number of nitrogens with one attached hydrogen (secondary N) is 1. The Morgan fingerprint density at radius 2 is 1.18 bits per heavy atom. The van der Waals surface area contributed by atoms with E-state index in [1.807, 2.05) is 0 Å². The van der Waals surface area contributed by atoms with Crippen molar-refractivity contribution >= 4 is 29.7 Å². The van der Waals surface area contributed by atoms with E-state index in [-0.39, 0.29) is 114 Å². The number of carboxylic acids is 3. The number of carbonyl (C=O) groups excluding carboxylic acids is 4. The Morgan fingerprint density at radius 1 is 0.800 bits per heavy atom. The van der Waals surface area contributed by atoms with E-state index in [2.05, 4.69) is 17.6 Å². The van der Waals surface area contributed by atoms with Gasteiger partial charge in [-0.2, -0.15) is 12.0 Å². The van der Waals surface area contributed by atoms with E-state index < -0.39 is 49.4 Å². The van der Waals surface area contributed by atoms with Crippen LogP contribution in [0, 0.1) is 60.2 Å². The second-order valence-corrected chi connectivity index (χ2v) is 8.72. The third-order valence-corrected chi connectivity index (χ3v) is 5.65. The molecule has 0 aliphatic heterocycles. The van der Waals surface area contributed by atoms with E-state index in [9.17, 15) is 34.2 Å². The van der Waals surface area contributed by atoms with Crippen LogP contribution in [0.1, 0.15) is 25.7 Å². The fraction of sp³-hybridized carbons (Fsp3) is 0.708. The average molecular weight is 894 g/mol. The molecule has 14 nitrogen and oxygen atoms in total. The molecule has 0 aromatic carbocycles. The van der Waals surface area contributed by atoms with Crippen LogP contribution in [0.4, 0.5) is 0 Å². The first-order valence-corrected chi connectivity index (χ1v) is 12.0. The molecular weight excluding hydrogens is 853 g/mol. The number of hydrogen-bond donors (Lipinski definition) is 1. The molecule has 1 rings (SSSR count). The first-order chi connectivity index (χ1) is 17.4. The molecule has 16 heteroatoms. The van der Waals surface area contributed by atoms with Gasteiger partial charge in [0, 0.05) is 113 Å². The van der Waals surface area contributed by atoms with Crippen LogP contribution in [0.2, 0.25) is 0 Å². The molecule has 0 bridgehead atoms. The summed E-state index contributed by atoms with van der Waals surface area (Å²) in [4.78, 5) is 59.6. The van der Waals surface area contributed by atoms with Crippen LogP contribution in [-0.4, -0.2) is 129 Å². The van der Waals surface area contributed by atoms with Gasteiger partial charge in [-0.25, -0.2) is 0 Å². The van der Waals surface area contributed by atoms with Crippen molar-refractivity contribution in [3.05, 3.63) is 30.7 Å². The van der Waals surface area contributed by atoms with Crippen molar-refractivity contribution < 1.29 is 100 Å². The molecule has 2 atom stereocenters. The fourth-order valence-corrected chi connectivity index (χ4v) is 3.55. The van der Waals surface area contributed by atoms with Gasteiger partial charge < -0.3 is 65.2 Å². The first kappa shape index (κ1) is 46.2.